The van der Waals surface area contributed by atoms with Crippen LogP contribution in [0.3, 0.4) is 0 Å². The van der Waals surface area contributed by atoms with Crippen LogP contribution in [0, 0.1) is 13.8 Å². The first kappa shape index (κ1) is 17.7. The van der Waals surface area contributed by atoms with Crippen molar-refractivity contribution in [3.8, 4) is 0 Å². The van der Waals surface area contributed by atoms with Gasteiger partial charge in [-0.05, 0) is 50.8 Å². The Bertz CT molecular complexity index is 708. The molecule has 3 rings (SSSR count). The molecule has 2 heterocycles. The number of benzene rings is 1. The van der Waals surface area contributed by atoms with E-state index in [9.17, 15) is 0 Å². The highest BCUT2D eigenvalue weighted by atomic mass is 35.5. The second-order valence-electron chi connectivity index (χ2n) is 6.60. The van der Waals surface area contributed by atoms with Gasteiger partial charge in [0.1, 0.15) is 0 Å². The van der Waals surface area contributed by atoms with Crippen molar-refractivity contribution in [2.75, 3.05) is 11.4 Å². The third-order valence-electron chi connectivity index (χ3n) is 4.80. The molecule has 1 aromatic heterocycles. The van der Waals surface area contributed by atoms with Crippen molar-refractivity contribution in [2.24, 2.45) is 0 Å². The highest BCUT2D eigenvalue weighted by Gasteiger charge is 2.20. The predicted octanol–water partition coefficient (Wildman–Crippen LogP) is 5.06. The van der Waals surface area contributed by atoms with Crippen molar-refractivity contribution in [3.63, 3.8) is 0 Å². The maximum absolute atomic E-state index is 2.53. The summed E-state index contributed by atoms with van der Waals surface area (Å²) < 4.78 is 2.37. The van der Waals surface area contributed by atoms with Crippen LogP contribution in [-0.2, 0) is 19.5 Å². The lowest BCUT2D eigenvalue weighted by molar-refractivity contribution is 0.727. The van der Waals surface area contributed by atoms with Gasteiger partial charge in [0, 0.05) is 31.5 Å². The SMILES string of the molecule is CC(C)=CCn1cc(N2CCc3ccccc3C2)c(C)c1C.Cl. The summed E-state index contributed by atoms with van der Waals surface area (Å²) in [5.41, 5.74) is 8.56. The van der Waals surface area contributed by atoms with Gasteiger partial charge in [-0.25, -0.2) is 0 Å². The van der Waals surface area contributed by atoms with Crippen molar-refractivity contribution >= 4 is 18.1 Å². The minimum atomic E-state index is 0. The van der Waals surface area contributed by atoms with Crippen LogP contribution in [0.5, 0.6) is 0 Å². The standard InChI is InChI=1S/C20H26N2.ClH/c1-15(2)9-11-21-14-20(16(3)17(21)4)22-12-10-18-7-5-6-8-19(18)13-22;/h5-9,14H,10-13H2,1-4H3;1H. The molecule has 3 heteroatoms. The quantitative estimate of drug-likeness (QED) is 0.714. The minimum Gasteiger partial charge on any atom is -0.365 e. The molecule has 2 aromatic rings. The number of allylic oxidation sites excluding steroid dienone is 2. The van der Waals surface area contributed by atoms with Crippen LogP contribution >= 0.6 is 12.4 Å². The summed E-state index contributed by atoms with van der Waals surface area (Å²) >= 11 is 0. The number of aromatic nitrogens is 1. The molecule has 0 aliphatic carbocycles. The van der Waals surface area contributed by atoms with Crippen LogP contribution in [0.4, 0.5) is 5.69 Å². The highest BCUT2D eigenvalue weighted by molar-refractivity contribution is 5.85. The molecular weight excluding hydrogens is 304 g/mol. The van der Waals surface area contributed by atoms with Gasteiger partial charge in [0.25, 0.3) is 0 Å². The first-order valence-electron chi connectivity index (χ1n) is 8.17. The number of anilines is 1. The highest BCUT2D eigenvalue weighted by Crippen LogP contribution is 2.30. The maximum Gasteiger partial charge on any atom is 0.0581 e. The Labute approximate surface area is 146 Å². The normalized spacial score (nSPS) is 13.3. The Hall–Kier alpha value is -1.67. The van der Waals surface area contributed by atoms with Crippen molar-refractivity contribution in [1.82, 2.24) is 4.57 Å². The molecule has 0 bridgehead atoms. The predicted molar refractivity (Wildman–Crippen MR) is 102 cm³/mol. The zero-order valence-corrected chi connectivity index (χ0v) is 15.4. The summed E-state index contributed by atoms with van der Waals surface area (Å²) in [5, 5.41) is 0. The lowest BCUT2D eigenvalue weighted by Crippen LogP contribution is -2.30. The summed E-state index contributed by atoms with van der Waals surface area (Å²) in [5.74, 6) is 0. The summed E-state index contributed by atoms with van der Waals surface area (Å²) in [6, 6.07) is 8.84. The fourth-order valence-electron chi connectivity index (χ4n) is 3.23. The summed E-state index contributed by atoms with van der Waals surface area (Å²) in [6.07, 6.45) is 5.77. The largest absolute Gasteiger partial charge is 0.365 e. The molecule has 0 spiro atoms. The van der Waals surface area contributed by atoms with Gasteiger partial charge < -0.3 is 9.47 Å². The van der Waals surface area contributed by atoms with E-state index in [-0.39, 0.29) is 12.4 Å². The molecule has 1 aromatic carbocycles. The van der Waals surface area contributed by atoms with Crippen molar-refractivity contribution < 1.29 is 0 Å². The smallest absolute Gasteiger partial charge is 0.0581 e. The molecule has 1 aliphatic heterocycles. The number of halogens is 1. The van der Waals surface area contributed by atoms with E-state index in [2.05, 4.69) is 73.7 Å². The monoisotopic (exact) mass is 330 g/mol. The van der Waals surface area contributed by atoms with Gasteiger partial charge in [0.15, 0.2) is 0 Å². The molecule has 2 nitrogen and oxygen atoms in total. The lowest BCUT2D eigenvalue weighted by atomic mass is 9.99. The molecule has 0 unspecified atom stereocenters. The molecule has 0 fully saturated rings. The number of rotatable bonds is 3. The molecule has 0 amide bonds. The molecule has 0 saturated heterocycles. The lowest BCUT2D eigenvalue weighted by Gasteiger charge is -2.30. The topological polar surface area (TPSA) is 8.17 Å². The fraction of sp³-hybridized carbons (Fsp3) is 0.400. The molecule has 0 radical (unpaired) electrons. The average molecular weight is 331 g/mol. The molecule has 0 atom stereocenters. The first-order valence-corrected chi connectivity index (χ1v) is 8.17. The summed E-state index contributed by atoms with van der Waals surface area (Å²) in [4.78, 5) is 2.53. The van der Waals surface area contributed by atoms with Gasteiger partial charge in [-0.1, -0.05) is 35.9 Å². The Morgan fingerprint density at radius 3 is 2.52 bits per heavy atom. The molecule has 124 valence electrons. The number of hydrogen-bond acceptors (Lipinski definition) is 1. The van der Waals surface area contributed by atoms with Crippen molar-refractivity contribution in [1.29, 1.82) is 0 Å². The Morgan fingerprint density at radius 1 is 1.13 bits per heavy atom. The van der Waals surface area contributed by atoms with E-state index in [0.717, 1.165) is 26.1 Å². The van der Waals surface area contributed by atoms with Crippen LogP contribution in [0.1, 0.15) is 36.2 Å². The second-order valence-corrected chi connectivity index (χ2v) is 6.60. The van der Waals surface area contributed by atoms with E-state index in [1.165, 1.54) is 33.6 Å². The van der Waals surface area contributed by atoms with Gasteiger partial charge in [-0.3, -0.25) is 0 Å². The maximum atomic E-state index is 2.53. The molecule has 1 aliphatic rings. The van der Waals surface area contributed by atoms with E-state index < -0.39 is 0 Å². The van der Waals surface area contributed by atoms with Crippen molar-refractivity contribution in [2.45, 2.75) is 47.2 Å². The van der Waals surface area contributed by atoms with E-state index in [4.69, 9.17) is 0 Å². The molecule has 0 N–H and O–H groups in total. The van der Waals surface area contributed by atoms with Crippen LogP contribution in [0.25, 0.3) is 0 Å². The van der Waals surface area contributed by atoms with E-state index in [1.54, 1.807) is 0 Å². The van der Waals surface area contributed by atoms with Gasteiger partial charge in [-0.15, -0.1) is 12.4 Å². The zero-order valence-electron chi connectivity index (χ0n) is 14.6. The van der Waals surface area contributed by atoms with Gasteiger partial charge in [0.2, 0.25) is 0 Å². The average Bonchev–Trinajstić information content (AvgIpc) is 2.80. The third kappa shape index (κ3) is 3.64. The summed E-state index contributed by atoms with van der Waals surface area (Å²) in [7, 11) is 0. The van der Waals surface area contributed by atoms with Crippen LogP contribution < -0.4 is 4.90 Å². The second kappa shape index (κ2) is 7.27. The third-order valence-corrected chi connectivity index (χ3v) is 4.80. The molecule has 0 saturated carbocycles. The molecule has 23 heavy (non-hydrogen) atoms. The van der Waals surface area contributed by atoms with Crippen LogP contribution in [-0.4, -0.2) is 11.1 Å². The van der Waals surface area contributed by atoms with Gasteiger partial charge in [-0.2, -0.15) is 0 Å². The van der Waals surface area contributed by atoms with E-state index in [0.29, 0.717) is 0 Å². The summed E-state index contributed by atoms with van der Waals surface area (Å²) in [6.45, 7) is 11.9. The molecular formula is C20H27ClN2. The van der Waals surface area contributed by atoms with Gasteiger partial charge >= 0.3 is 0 Å². The van der Waals surface area contributed by atoms with Crippen LogP contribution in [0.15, 0.2) is 42.1 Å². The Balaban J connectivity index is 0.00000192. The number of hydrogen-bond donors (Lipinski definition) is 0. The number of nitrogens with zero attached hydrogens (tertiary/aromatic N) is 2. The van der Waals surface area contributed by atoms with Gasteiger partial charge in [0.05, 0.1) is 5.69 Å². The van der Waals surface area contributed by atoms with E-state index in [1.807, 2.05) is 0 Å². The van der Waals surface area contributed by atoms with Crippen molar-refractivity contribution in [3.05, 3.63) is 64.5 Å². The number of fused-ring (bicyclic) bond motifs is 1. The zero-order chi connectivity index (χ0) is 15.7. The Kier molecular flexibility index (Phi) is 5.59. The van der Waals surface area contributed by atoms with E-state index >= 15 is 0 Å². The fourth-order valence-corrected chi connectivity index (χ4v) is 3.23. The minimum absolute atomic E-state index is 0. The Morgan fingerprint density at radius 2 is 1.83 bits per heavy atom. The van der Waals surface area contributed by atoms with Crippen LogP contribution in [0.2, 0.25) is 0 Å². The first-order chi connectivity index (χ1) is 10.6.